The fourth-order valence-corrected chi connectivity index (χ4v) is 4.63. The summed E-state index contributed by atoms with van der Waals surface area (Å²) in [5.74, 6) is 1.76. The molecule has 1 atom stereocenters. The van der Waals surface area contributed by atoms with E-state index in [1.165, 1.54) is 42.4 Å². The third-order valence-electron chi connectivity index (χ3n) is 6.29. The number of hydrogen-bond donors (Lipinski definition) is 2. The molecule has 1 fully saturated rings. The van der Waals surface area contributed by atoms with Gasteiger partial charge in [0, 0.05) is 37.8 Å². The average Bonchev–Trinajstić information content (AvgIpc) is 3.30. The van der Waals surface area contributed by atoms with E-state index in [0.717, 1.165) is 37.6 Å². The highest BCUT2D eigenvalue weighted by molar-refractivity contribution is 5.41. The summed E-state index contributed by atoms with van der Waals surface area (Å²) in [7, 11) is 1.72. The van der Waals surface area contributed by atoms with Crippen molar-refractivity contribution in [2.75, 3.05) is 26.8 Å². The van der Waals surface area contributed by atoms with Crippen molar-refractivity contribution in [2.45, 2.75) is 57.3 Å². The van der Waals surface area contributed by atoms with Gasteiger partial charge in [-0.05, 0) is 48.6 Å². The number of nitrogens with one attached hydrogen (secondary N) is 1. The molecule has 2 aromatic carbocycles. The van der Waals surface area contributed by atoms with Crippen LogP contribution in [0.4, 0.5) is 0 Å². The number of rotatable bonds is 9. The molecule has 1 unspecified atom stereocenters. The molecule has 162 valence electrons. The van der Waals surface area contributed by atoms with Crippen molar-refractivity contribution in [1.82, 2.24) is 10.2 Å². The van der Waals surface area contributed by atoms with Crippen LogP contribution in [-0.4, -0.2) is 49.0 Å². The summed E-state index contributed by atoms with van der Waals surface area (Å²) in [5.41, 5.74) is 3.81. The molecule has 4 rings (SSSR count). The van der Waals surface area contributed by atoms with Crippen LogP contribution in [-0.2, 0) is 19.5 Å². The Morgan fingerprint density at radius 1 is 1.17 bits per heavy atom. The minimum atomic E-state index is -0.526. The van der Waals surface area contributed by atoms with Gasteiger partial charge in [-0.25, -0.2) is 0 Å². The fourth-order valence-electron chi connectivity index (χ4n) is 4.63. The second-order valence-corrected chi connectivity index (χ2v) is 8.56. The molecule has 2 N–H and O–H groups in total. The predicted octanol–water partition coefficient (Wildman–Crippen LogP) is 3.53. The number of nitrogens with zero attached hydrogens (tertiary/aromatic N) is 1. The van der Waals surface area contributed by atoms with E-state index in [1.54, 1.807) is 7.11 Å². The van der Waals surface area contributed by atoms with Gasteiger partial charge in [-0.15, -0.1) is 0 Å². The highest BCUT2D eigenvalue weighted by Gasteiger charge is 2.21. The van der Waals surface area contributed by atoms with Crippen LogP contribution >= 0.6 is 0 Å². The van der Waals surface area contributed by atoms with E-state index in [-0.39, 0.29) is 0 Å². The summed E-state index contributed by atoms with van der Waals surface area (Å²) < 4.78 is 11.4. The highest BCUT2D eigenvalue weighted by atomic mass is 16.5. The van der Waals surface area contributed by atoms with Crippen LogP contribution in [0.3, 0.4) is 0 Å². The van der Waals surface area contributed by atoms with Crippen molar-refractivity contribution in [1.29, 1.82) is 0 Å². The molecule has 1 saturated carbocycles. The minimum absolute atomic E-state index is 0.300. The van der Waals surface area contributed by atoms with E-state index in [4.69, 9.17) is 9.47 Å². The van der Waals surface area contributed by atoms with E-state index in [1.807, 2.05) is 24.3 Å². The van der Waals surface area contributed by atoms with Crippen LogP contribution < -0.4 is 14.8 Å². The molecule has 2 aliphatic rings. The van der Waals surface area contributed by atoms with Gasteiger partial charge in [-0.2, -0.15) is 0 Å². The van der Waals surface area contributed by atoms with Crippen LogP contribution in [0.25, 0.3) is 0 Å². The number of methoxy groups -OCH3 is 1. The van der Waals surface area contributed by atoms with Gasteiger partial charge in [0.25, 0.3) is 0 Å². The van der Waals surface area contributed by atoms with E-state index < -0.39 is 6.10 Å². The summed E-state index contributed by atoms with van der Waals surface area (Å²) in [6.45, 7) is 3.52. The summed E-state index contributed by atoms with van der Waals surface area (Å²) in [5, 5.41) is 14.2. The number of fused-ring (bicyclic) bond motifs is 1. The van der Waals surface area contributed by atoms with E-state index in [9.17, 15) is 5.11 Å². The Kier molecular flexibility index (Phi) is 7.26. The van der Waals surface area contributed by atoms with Gasteiger partial charge < -0.3 is 19.9 Å². The maximum Gasteiger partial charge on any atom is 0.123 e. The Bertz CT molecular complexity index is 806. The monoisotopic (exact) mass is 410 g/mol. The molecule has 1 aliphatic carbocycles. The third-order valence-corrected chi connectivity index (χ3v) is 6.29. The lowest BCUT2D eigenvalue weighted by molar-refractivity contribution is 0.0634. The van der Waals surface area contributed by atoms with Gasteiger partial charge in [0.05, 0.1) is 7.11 Å². The molecule has 5 heteroatoms. The van der Waals surface area contributed by atoms with Crippen molar-refractivity contribution in [3.05, 3.63) is 59.2 Å². The molecule has 0 radical (unpaired) electrons. The Hall–Kier alpha value is -2.08. The van der Waals surface area contributed by atoms with Gasteiger partial charge >= 0.3 is 0 Å². The lowest BCUT2D eigenvalue weighted by atomic mass is 9.98. The maximum atomic E-state index is 10.5. The molecule has 0 spiro atoms. The minimum Gasteiger partial charge on any atom is -0.496 e. The van der Waals surface area contributed by atoms with Gasteiger partial charge in [0.2, 0.25) is 0 Å². The molecule has 0 aromatic heterocycles. The normalized spacial score (nSPS) is 18.2. The van der Waals surface area contributed by atoms with E-state index in [2.05, 4.69) is 28.4 Å². The lowest BCUT2D eigenvalue weighted by Gasteiger charge is -2.31. The summed E-state index contributed by atoms with van der Waals surface area (Å²) >= 11 is 0. The predicted molar refractivity (Wildman–Crippen MR) is 119 cm³/mol. The van der Waals surface area contributed by atoms with Crippen LogP contribution in [0, 0.1) is 0 Å². The van der Waals surface area contributed by atoms with Gasteiger partial charge in [-0.1, -0.05) is 37.1 Å². The maximum absolute atomic E-state index is 10.5. The van der Waals surface area contributed by atoms with Crippen LogP contribution in [0.15, 0.2) is 42.5 Å². The fraction of sp³-hybridized carbons (Fsp3) is 0.520. The molecule has 2 aromatic rings. The second kappa shape index (κ2) is 10.3. The first-order valence-corrected chi connectivity index (χ1v) is 11.2. The molecule has 1 aliphatic heterocycles. The van der Waals surface area contributed by atoms with Crippen molar-refractivity contribution in [2.24, 2.45) is 0 Å². The largest absolute Gasteiger partial charge is 0.496 e. The molecular formula is C25H34N2O3. The third kappa shape index (κ3) is 5.54. The Balaban J connectivity index is 1.25. The van der Waals surface area contributed by atoms with Gasteiger partial charge in [0.1, 0.15) is 24.2 Å². The van der Waals surface area contributed by atoms with Crippen LogP contribution in [0.1, 0.15) is 42.4 Å². The summed E-state index contributed by atoms with van der Waals surface area (Å²) in [4.78, 5) is 2.28. The zero-order valence-corrected chi connectivity index (χ0v) is 18.0. The summed E-state index contributed by atoms with van der Waals surface area (Å²) in [6.07, 6.45) is 5.71. The molecule has 0 saturated heterocycles. The highest BCUT2D eigenvalue weighted by Crippen LogP contribution is 2.28. The zero-order chi connectivity index (χ0) is 20.8. The SMILES string of the molecule is COc1cccc2c1CN(CC(O)COc1cccc(CNC3CCCC3)c1)CC2. The smallest absolute Gasteiger partial charge is 0.123 e. The van der Waals surface area contributed by atoms with Crippen molar-refractivity contribution in [3.8, 4) is 11.5 Å². The van der Waals surface area contributed by atoms with Crippen LogP contribution in [0.2, 0.25) is 0 Å². The van der Waals surface area contributed by atoms with Crippen molar-refractivity contribution in [3.63, 3.8) is 0 Å². The van der Waals surface area contributed by atoms with Gasteiger partial charge in [0.15, 0.2) is 0 Å². The molecule has 5 nitrogen and oxygen atoms in total. The molecule has 30 heavy (non-hydrogen) atoms. The first kappa shape index (κ1) is 21.2. The number of hydrogen-bond acceptors (Lipinski definition) is 5. The first-order chi connectivity index (χ1) is 14.7. The number of aliphatic hydroxyl groups is 1. The number of benzene rings is 2. The lowest BCUT2D eigenvalue weighted by Crippen LogP contribution is -2.39. The average molecular weight is 411 g/mol. The molecular weight excluding hydrogens is 376 g/mol. The first-order valence-electron chi connectivity index (χ1n) is 11.2. The van der Waals surface area contributed by atoms with E-state index >= 15 is 0 Å². The number of ether oxygens (including phenoxy) is 2. The Morgan fingerprint density at radius 3 is 2.83 bits per heavy atom. The zero-order valence-electron chi connectivity index (χ0n) is 18.0. The molecule has 0 amide bonds. The molecule has 1 heterocycles. The van der Waals surface area contributed by atoms with Crippen LogP contribution in [0.5, 0.6) is 11.5 Å². The standard InChI is InChI=1S/C25H34N2O3/c1-29-25-11-5-7-20-12-13-27(17-24(20)25)16-22(28)18-30-23-10-4-6-19(14-23)15-26-21-8-2-3-9-21/h4-7,10-11,14,21-22,26,28H,2-3,8-9,12-13,15-18H2,1H3. The van der Waals surface area contributed by atoms with Gasteiger partial charge in [-0.3, -0.25) is 4.90 Å². The summed E-state index contributed by atoms with van der Waals surface area (Å²) in [6, 6.07) is 15.1. The Morgan fingerprint density at radius 2 is 2.00 bits per heavy atom. The van der Waals surface area contributed by atoms with E-state index in [0.29, 0.717) is 19.2 Å². The van der Waals surface area contributed by atoms with Crippen molar-refractivity contribution < 1.29 is 14.6 Å². The Labute approximate surface area is 180 Å². The van der Waals surface area contributed by atoms with Crippen molar-refractivity contribution >= 4 is 0 Å². The number of β-amino-alcohol motifs (C(OH)–C–C–N with tert-alkyl or cyclic N) is 1. The molecule has 0 bridgehead atoms. The quantitative estimate of drug-likeness (QED) is 0.662. The number of aliphatic hydroxyl groups excluding tert-OH is 1. The topological polar surface area (TPSA) is 54.0 Å². The second-order valence-electron chi connectivity index (χ2n) is 8.56.